The van der Waals surface area contributed by atoms with E-state index >= 15 is 0 Å². The molecule has 6 nitrogen and oxygen atoms in total. The summed E-state index contributed by atoms with van der Waals surface area (Å²) in [5.41, 5.74) is 3.86. The third kappa shape index (κ3) is 4.28. The quantitative estimate of drug-likeness (QED) is 0.658. The number of anilines is 1. The van der Waals surface area contributed by atoms with Gasteiger partial charge in [0.2, 0.25) is 0 Å². The molecule has 1 aromatic carbocycles. The Balaban J connectivity index is 1.47. The molecular weight excluding hydrogens is 338 g/mol. The summed E-state index contributed by atoms with van der Waals surface area (Å²) in [6.45, 7) is 5.74. The van der Waals surface area contributed by atoms with E-state index in [1.54, 1.807) is 0 Å². The lowest BCUT2D eigenvalue weighted by molar-refractivity contribution is 0.0706. The molecule has 0 saturated carbocycles. The largest absolute Gasteiger partial charge is 0.392 e. The smallest absolute Gasteiger partial charge is 0.158 e. The van der Waals surface area contributed by atoms with E-state index in [0.717, 1.165) is 73.9 Å². The number of rotatable bonds is 6. The summed E-state index contributed by atoms with van der Waals surface area (Å²) in [7, 11) is 0. The summed E-state index contributed by atoms with van der Waals surface area (Å²) < 4.78 is 1.88. The number of hydrogen-bond donors (Lipinski definition) is 2. The van der Waals surface area contributed by atoms with Gasteiger partial charge in [0.15, 0.2) is 5.65 Å². The molecule has 1 saturated heterocycles. The first-order valence-corrected chi connectivity index (χ1v) is 9.76. The molecule has 6 heteroatoms. The van der Waals surface area contributed by atoms with Gasteiger partial charge in [-0.25, -0.2) is 4.98 Å². The number of aliphatic hydroxyl groups is 1. The normalized spacial score (nSPS) is 18.1. The van der Waals surface area contributed by atoms with E-state index in [-0.39, 0.29) is 6.10 Å². The Morgan fingerprint density at radius 3 is 2.89 bits per heavy atom. The van der Waals surface area contributed by atoms with Crippen LogP contribution in [0.4, 0.5) is 5.82 Å². The van der Waals surface area contributed by atoms with E-state index in [9.17, 15) is 5.11 Å². The number of aryl methyl sites for hydroxylation is 1. The van der Waals surface area contributed by atoms with Crippen LogP contribution in [0.5, 0.6) is 0 Å². The number of nitrogens with zero attached hydrogens (tertiary/aromatic N) is 4. The number of β-amino-alcohol motifs (C(OH)–C–C–N with tert-alkyl or cyclic N) is 1. The van der Waals surface area contributed by atoms with Crippen LogP contribution in [-0.2, 0) is 0 Å². The SMILES string of the molecule is Cc1cc2nc(-c3ccccc3)cc(NCCCN3CCC[C@H](O)C3)n2n1. The van der Waals surface area contributed by atoms with E-state index in [4.69, 9.17) is 4.98 Å². The molecule has 142 valence electrons. The van der Waals surface area contributed by atoms with Crippen LogP contribution >= 0.6 is 0 Å². The van der Waals surface area contributed by atoms with Crippen LogP contribution in [0.3, 0.4) is 0 Å². The summed E-state index contributed by atoms with van der Waals surface area (Å²) in [5, 5.41) is 17.9. The van der Waals surface area contributed by atoms with Crippen LogP contribution in [0.25, 0.3) is 16.9 Å². The second-order valence-electron chi connectivity index (χ2n) is 7.33. The molecule has 0 radical (unpaired) electrons. The lowest BCUT2D eigenvalue weighted by Gasteiger charge is -2.29. The van der Waals surface area contributed by atoms with E-state index in [0.29, 0.717) is 0 Å². The number of piperidine rings is 1. The maximum Gasteiger partial charge on any atom is 0.158 e. The Labute approximate surface area is 159 Å². The predicted octanol–water partition coefficient (Wildman–Crippen LogP) is 2.96. The fourth-order valence-electron chi connectivity index (χ4n) is 3.73. The predicted molar refractivity (Wildman–Crippen MR) is 108 cm³/mol. The van der Waals surface area contributed by atoms with Crippen molar-refractivity contribution in [2.75, 3.05) is 31.5 Å². The van der Waals surface area contributed by atoms with Crippen molar-refractivity contribution in [2.45, 2.75) is 32.3 Å². The first kappa shape index (κ1) is 17.9. The zero-order valence-corrected chi connectivity index (χ0v) is 15.8. The Kier molecular flexibility index (Phi) is 5.36. The monoisotopic (exact) mass is 365 g/mol. The summed E-state index contributed by atoms with van der Waals surface area (Å²) in [5.74, 6) is 0.964. The van der Waals surface area contributed by atoms with Crippen LogP contribution in [0.15, 0.2) is 42.5 Å². The Bertz CT molecular complexity index is 892. The van der Waals surface area contributed by atoms with Gasteiger partial charge >= 0.3 is 0 Å². The fourth-order valence-corrected chi connectivity index (χ4v) is 3.73. The molecule has 0 amide bonds. The number of nitrogens with one attached hydrogen (secondary N) is 1. The summed E-state index contributed by atoms with van der Waals surface area (Å²) in [6.07, 6.45) is 2.89. The molecule has 0 bridgehead atoms. The van der Waals surface area contributed by atoms with Crippen molar-refractivity contribution in [2.24, 2.45) is 0 Å². The number of benzene rings is 1. The van der Waals surface area contributed by atoms with Gasteiger partial charge in [0.1, 0.15) is 5.82 Å². The van der Waals surface area contributed by atoms with Crippen LogP contribution in [0.2, 0.25) is 0 Å². The zero-order valence-electron chi connectivity index (χ0n) is 15.8. The zero-order chi connectivity index (χ0) is 18.6. The number of hydrogen-bond acceptors (Lipinski definition) is 5. The van der Waals surface area contributed by atoms with Gasteiger partial charge < -0.3 is 15.3 Å². The second kappa shape index (κ2) is 8.06. The van der Waals surface area contributed by atoms with E-state index in [1.165, 1.54) is 0 Å². The molecule has 0 aliphatic carbocycles. The van der Waals surface area contributed by atoms with Crippen molar-refractivity contribution in [1.29, 1.82) is 0 Å². The maximum atomic E-state index is 9.80. The van der Waals surface area contributed by atoms with Crippen LogP contribution < -0.4 is 5.32 Å². The molecule has 2 N–H and O–H groups in total. The van der Waals surface area contributed by atoms with Crippen molar-refractivity contribution < 1.29 is 5.11 Å². The number of likely N-dealkylation sites (tertiary alicyclic amines) is 1. The van der Waals surface area contributed by atoms with E-state index in [1.807, 2.05) is 35.7 Å². The molecular formula is C21H27N5O. The lowest BCUT2D eigenvalue weighted by atomic mass is 10.1. The van der Waals surface area contributed by atoms with Crippen LogP contribution in [-0.4, -0.2) is 56.9 Å². The number of aromatic nitrogens is 3. The average molecular weight is 365 g/mol. The molecule has 0 unspecified atom stereocenters. The van der Waals surface area contributed by atoms with Crippen molar-refractivity contribution in [3.05, 3.63) is 48.2 Å². The maximum absolute atomic E-state index is 9.80. The number of aliphatic hydroxyl groups excluding tert-OH is 1. The Morgan fingerprint density at radius 1 is 1.22 bits per heavy atom. The third-order valence-corrected chi connectivity index (χ3v) is 5.06. The topological polar surface area (TPSA) is 65.7 Å². The standard InChI is InChI=1S/C21H27N5O/c1-16-13-21-23-19(17-7-3-2-4-8-17)14-20(26(21)24-16)22-10-6-12-25-11-5-9-18(27)15-25/h2-4,7-8,13-14,18,22,27H,5-6,9-12,15H2,1H3/t18-/m0/s1. The minimum atomic E-state index is -0.160. The highest BCUT2D eigenvalue weighted by atomic mass is 16.3. The van der Waals surface area contributed by atoms with E-state index < -0.39 is 0 Å². The van der Waals surface area contributed by atoms with Crippen molar-refractivity contribution in [3.8, 4) is 11.3 Å². The highest BCUT2D eigenvalue weighted by molar-refractivity contribution is 5.66. The van der Waals surface area contributed by atoms with Gasteiger partial charge in [0.05, 0.1) is 17.5 Å². The van der Waals surface area contributed by atoms with Gasteiger partial charge in [-0.1, -0.05) is 30.3 Å². The third-order valence-electron chi connectivity index (χ3n) is 5.06. The fraction of sp³-hybridized carbons (Fsp3) is 0.429. The van der Waals surface area contributed by atoms with Crippen LogP contribution in [0, 0.1) is 6.92 Å². The van der Waals surface area contributed by atoms with Gasteiger partial charge in [-0.05, 0) is 39.3 Å². The first-order chi connectivity index (χ1) is 13.2. The molecule has 1 fully saturated rings. The molecule has 27 heavy (non-hydrogen) atoms. The molecule has 1 aliphatic heterocycles. The first-order valence-electron chi connectivity index (χ1n) is 9.76. The molecule has 0 spiro atoms. The highest BCUT2D eigenvalue weighted by Gasteiger charge is 2.17. The summed E-state index contributed by atoms with van der Waals surface area (Å²) in [6, 6.07) is 14.3. The van der Waals surface area contributed by atoms with Gasteiger partial charge in [-0.2, -0.15) is 9.61 Å². The molecule has 1 aliphatic rings. The van der Waals surface area contributed by atoms with Crippen LogP contribution in [0.1, 0.15) is 25.0 Å². The van der Waals surface area contributed by atoms with Crippen molar-refractivity contribution in [3.63, 3.8) is 0 Å². The lowest BCUT2D eigenvalue weighted by Crippen LogP contribution is -2.39. The number of fused-ring (bicyclic) bond motifs is 1. The van der Waals surface area contributed by atoms with Gasteiger partial charge in [-0.15, -0.1) is 0 Å². The summed E-state index contributed by atoms with van der Waals surface area (Å²) in [4.78, 5) is 7.11. The Morgan fingerprint density at radius 2 is 2.07 bits per heavy atom. The molecule has 3 heterocycles. The minimum absolute atomic E-state index is 0.160. The second-order valence-corrected chi connectivity index (χ2v) is 7.33. The average Bonchev–Trinajstić information content (AvgIpc) is 3.06. The van der Waals surface area contributed by atoms with Gasteiger partial charge in [0.25, 0.3) is 0 Å². The molecule has 2 aromatic heterocycles. The molecule has 3 aromatic rings. The van der Waals surface area contributed by atoms with Crippen molar-refractivity contribution >= 4 is 11.5 Å². The molecule has 1 atom stereocenters. The van der Waals surface area contributed by atoms with Gasteiger partial charge in [-0.3, -0.25) is 0 Å². The summed E-state index contributed by atoms with van der Waals surface area (Å²) >= 11 is 0. The highest BCUT2D eigenvalue weighted by Crippen LogP contribution is 2.22. The minimum Gasteiger partial charge on any atom is -0.392 e. The van der Waals surface area contributed by atoms with Gasteiger partial charge in [0, 0.05) is 30.8 Å². The Hall–Kier alpha value is -2.44. The molecule has 4 rings (SSSR count). The van der Waals surface area contributed by atoms with E-state index in [2.05, 4.69) is 33.5 Å². The van der Waals surface area contributed by atoms with Crippen molar-refractivity contribution in [1.82, 2.24) is 19.5 Å².